The zero-order chi connectivity index (χ0) is 18.5. The van der Waals surface area contributed by atoms with E-state index >= 15 is 0 Å². The second kappa shape index (κ2) is 7.81. The molecule has 0 aromatic carbocycles. The Labute approximate surface area is 142 Å². The van der Waals surface area contributed by atoms with Crippen LogP contribution in [0.15, 0.2) is 23.9 Å². The van der Waals surface area contributed by atoms with Gasteiger partial charge in [0.25, 0.3) is 0 Å². The van der Waals surface area contributed by atoms with Crippen LogP contribution in [0.5, 0.6) is 11.8 Å². The number of rotatable bonds is 6. The minimum absolute atomic E-state index is 0.0764. The number of ether oxygens (including phenoxy) is 3. The molecular weight excluding hydrogens is 312 g/mol. The summed E-state index contributed by atoms with van der Waals surface area (Å²) in [6, 6.07) is 3.03. The van der Waals surface area contributed by atoms with Gasteiger partial charge in [0.15, 0.2) is 0 Å². The molecule has 1 heterocycles. The fourth-order valence-corrected chi connectivity index (χ4v) is 1.81. The van der Waals surface area contributed by atoms with Gasteiger partial charge in [0.05, 0.1) is 19.8 Å². The maximum atomic E-state index is 12.8. The molecule has 24 heavy (non-hydrogen) atoms. The van der Waals surface area contributed by atoms with E-state index in [2.05, 4.69) is 4.98 Å². The van der Waals surface area contributed by atoms with Gasteiger partial charge in [0.2, 0.25) is 17.5 Å². The molecule has 0 fully saturated rings. The van der Waals surface area contributed by atoms with Crippen LogP contribution in [0.2, 0.25) is 0 Å². The highest BCUT2D eigenvalue weighted by Gasteiger charge is 2.28. The number of pyridine rings is 1. The molecule has 0 aliphatic carbocycles. The van der Waals surface area contributed by atoms with Crippen molar-refractivity contribution in [3.63, 3.8) is 0 Å². The first-order valence-corrected chi connectivity index (χ1v) is 7.34. The number of methoxy groups -OCH3 is 2. The number of hydrogen-bond donors (Lipinski definition) is 0. The summed E-state index contributed by atoms with van der Waals surface area (Å²) in [5, 5.41) is 0. The van der Waals surface area contributed by atoms with Crippen LogP contribution in [0, 0.1) is 0 Å². The van der Waals surface area contributed by atoms with Gasteiger partial charge in [0.1, 0.15) is 11.2 Å². The first-order chi connectivity index (χ1) is 11.1. The summed E-state index contributed by atoms with van der Waals surface area (Å²) in [5.74, 6) is -0.865. The smallest absolute Gasteiger partial charge is 0.344 e. The van der Waals surface area contributed by atoms with Crippen molar-refractivity contribution in [2.45, 2.75) is 26.4 Å². The third-order valence-corrected chi connectivity index (χ3v) is 2.73. The Hall–Kier alpha value is -2.57. The SMILES string of the molecule is COc1ccc(C(=O)C(=CN(C)C)C(=O)OC(C)(C)C)c(OC)n1. The zero-order valence-electron chi connectivity index (χ0n) is 15.2. The monoisotopic (exact) mass is 336 g/mol. The van der Waals surface area contributed by atoms with E-state index in [-0.39, 0.29) is 17.0 Å². The Morgan fingerprint density at radius 3 is 2.21 bits per heavy atom. The van der Waals surface area contributed by atoms with E-state index in [1.807, 2.05) is 0 Å². The molecule has 1 aromatic rings. The molecule has 0 spiro atoms. The molecule has 0 aliphatic heterocycles. The minimum Gasteiger partial charge on any atom is -0.481 e. The molecule has 1 rings (SSSR count). The lowest BCUT2D eigenvalue weighted by Gasteiger charge is -2.21. The van der Waals surface area contributed by atoms with Crippen molar-refractivity contribution in [2.75, 3.05) is 28.3 Å². The number of nitrogens with zero attached hydrogens (tertiary/aromatic N) is 2. The second-order valence-electron chi connectivity index (χ2n) is 6.25. The number of carbonyl (C=O) groups excluding carboxylic acids is 2. The Balaban J connectivity index is 3.30. The standard InChI is InChI=1S/C17H24N2O5/c1-17(2,3)24-16(21)12(10-19(4)5)14(20)11-8-9-13(22-6)18-15(11)23-7/h8-10H,1-7H3. The third-order valence-electron chi connectivity index (χ3n) is 2.73. The highest BCUT2D eigenvalue weighted by Crippen LogP contribution is 2.24. The first-order valence-electron chi connectivity index (χ1n) is 7.34. The summed E-state index contributed by atoms with van der Waals surface area (Å²) in [7, 11) is 6.27. The lowest BCUT2D eigenvalue weighted by molar-refractivity contribution is -0.149. The molecule has 0 unspecified atom stereocenters. The van der Waals surface area contributed by atoms with Gasteiger partial charge in [-0.3, -0.25) is 4.79 Å². The molecule has 0 aliphatic rings. The quantitative estimate of drug-likeness (QED) is 0.259. The molecule has 7 heteroatoms. The van der Waals surface area contributed by atoms with E-state index in [1.54, 1.807) is 39.8 Å². The largest absolute Gasteiger partial charge is 0.481 e. The van der Waals surface area contributed by atoms with Crippen LogP contribution in [0.1, 0.15) is 31.1 Å². The maximum absolute atomic E-state index is 12.8. The zero-order valence-corrected chi connectivity index (χ0v) is 15.2. The third kappa shape index (κ3) is 5.26. The van der Waals surface area contributed by atoms with Gasteiger partial charge in [0, 0.05) is 26.4 Å². The second-order valence-corrected chi connectivity index (χ2v) is 6.25. The van der Waals surface area contributed by atoms with E-state index in [9.17, 15) is 9.59 Å². The molecule has 0 saturated carbocycles. The number of Topliss-reactive ketones (excluding diaryl/α,β-unsaturated/α-hetero) is 1. The van der Waals surface area contributed by atoms with Crippen LogP contribution in [0.25, 0.3) is 0 Å². The lowest BCUT2D eigenvalue weighted by Crippen LogP contribution is -2.28. The molecule has 7 nitrogen and oxygen atoms in total. The summed E-state index contributed by atoms with van der Waals surface area (Å²) < 4.78 is 15.5. The van der Waals surface area contributed by atoms with Gasteiger partial charge in [-0.1, -0.05) is 0 Å². The molecule has 0 amide bonds. The Kier molecular flexibility index (Phi) is 6.34. The van der Waals surface area contributed by atoms with Crippen molar-refractivity contribution in [2.24, 2.45) is 0 Å². The lowest BCUT2D eigenvalue weighted by atomic mass is 10.0. The maximum Gasteiger partial charge on any atom is 0.344 e. The predicted molar refractivity (Wildman–Crippen MR) is 89.3 cm³/mol. The molecule has 0 radical (unpaired) electrons. The summed E-state index contributed by atoms with van der Waals surface area (Å²) >= 11 is 0. The normalized spacial score (nSPS) is 11.7. The van der Waals surface area contributed by atoms with E-state index in [0.717, 1.165) is 0 Å². The summed E-state index contributed by atoms with van der Waals surface area (Å²) in [6.45, 7) is 5.20. The van der Waals surface area contributed by atoms with E-state index < -0.39 is 17.4 Å². The van der Waals surface area contributed by atoms with Crippen LogP contribution in [-0.2, 0) is 9.53 Å². The first kappa shape index (κ1) is 19.5. The Morgan fingerprint density at radius 1 is 1.12 bits per heavy atom. The van der Waals surface area contributed by atoms with Gasteiger partial charge < -0.3 is 19.1 Å². The van der Waals surface area contributed by atoms with Crippen LogP contribution >= 0.6 is 0 Å². The number of esters is 1. The van der Waals surface area contributed by atoms with Crippen LogP contribution in [-0.4, -0.2) is 55.6 Å². The van der Waals surface area contributed by atoms with Gasteiger partial charge in [-0.15, -0.1) is 0 Å². The van der Waals surface area contributed by atoms with Crippen molar-refractivity contribution >= 4 is 11.8 Å². The average molecular weight is 336 g/mol. The number of aromatic nitrogens is 1. The number of carbonyl (C=O) groups is 2. The van der Waals surface area contributed by atoms with Gasteiger partial charge >= 0.3 is 5.97 Å². The minimum atomic E-state index is -0.717. The highest BCUT2D eigenvalue weighted by atomic mass is 16.6. The summed E-state index contributed by atoms with van der Waals surface area (Å²) in [4.78, 5) is 30.9. The van der Waals surface area contributed by atoms with Crippen LogP contribution in [0.4, 0.5) is 0 Å². The fraction of sp³-hybridized carbons (Fsp3) is 0.471. The molecule has 0 saturated heterocycles. The van der Waals surface area contributed by atoms with Crippen molar-refractivity contribution in [1.82, 2.24) is 9.88 Å². The van der Waals surface area contributed by atoms with E-state index in [0.29, 0.717) is 5.88 Å². The van der Waals surface area contributed by atoms with Gasteiger partial charge in [-0.05, 0) is 26.8 Å². The van der Waals surface area contributed by atoms with Crippen LogP contribution < -0.4 is 9.47 Å². The Bertz CT molecular complexity index is 645. The van der Waals surface area contributed by atoms with Crippen molar-refractivity contribution in [3.8, 4) is 11.8 Å². The molecular formula is C17H24N2O5. The van der Waals surface area contributed by atoms with Crippen molar-refractivity contribution < 1.29 is 23.8 Å². The molecule has 1 aromatic heterocycles. The highest BCUT2D eigenvalue weighted by molar-refractivity contribution is 6.24. The molecule has 132 valence electrons. The summed E-state index contributed by atoms with van der Waals surface area (Å²) in [5.41, 5.74) is -0.678. The van der Waals surface area contributed by atoms with E-state index in [4.69, 9.17) is 14.2 Å². The number of ketones is 1. The molecule has 0 N–H and O–H groups in total. The average Bonchev–Trinajstić information content (AvgIpc) is 2.49. The van der Waals surface area contributed by atoms with Gasteiger partial charge in [-0.2, -0.15) is 4.98 Å². The topological polar surface area (TPSA) is 78.0 Å². The molecule has 0 bridgehead atoms. The number of hydrogen-bond acceptors (Lipinski definition) is 7. The van der Waals surface area contributed by atoms with Crippen LogP contribution in [0.3, 0.4) is 0 Å². The molecule has 0 atom stereocenters. The Morgan fingerprint density at radius 2 is 1.75 bits per heavy atom. The predicted octanol–water partition coefficient (Wildman–Crippen LogP) is 2.07. The van der Waals surface area contributed by atoms with E-state index in [1.165, 1.54) is 32.6 Å². The van der Waals surface area contributed by atoms with Gasteiger partial charge in [-0.25, -0.2) is 4.79 Å². The fourth-order valence-electron chi connectivity index (χ4n) is 1.81. The summed E-state index contributed by atoms with van der Waals surface area (Å²) in [6.07, 6.45) is 1.42. The van der Waals surface area contributed by atoms with Crippen molar-refractivity contribution in [3.05, 3.63) is 29.5 Å². The van der Waals surface area contributed by atoms with Crippen molar-refractivity contribution in [1.29, 1.82) is 0 Å².